The molecule has 1 unspecified atom stereocenters. The highest BCUT2D eigenvalue weighted by Crippen LogP contribution is 2.36. The zero-order valence-electron chi connectivity index (χ0n) is 20.7. The fourth-order valence-electron chi connectivity index (χ4n) is 5.64. The van der Waals surface area contributed by atoms with Crippen LogP contribution in [-0.4, -0.2) is 42.8 Å². The van der Waals surface area contributed by atoms with Crippen LogP contribution in [0.1, 0.15) is 54.7 Å². The third-order valence-electron chi connectivity index (χ3n) is 7.53. The second-order valence-corrected chi connectivity index (χ2v) is 10.1. The molecule has 5 nitrogen and oxygen atoms in total. The molecule has 2 N–H and O–H groups in total. The molecule has 3 heterocycles. The second-order valence-electron chi connectivity index (χ2n) is 10.1. The number of fused-ring (bicyclic) bond motifs is 1. The van der Waals surface area contributed by atoms with Crippen molar-refractivity contribution in [2.45, 2.75) is 57.5 Å². The van der Waals surface area contributed by atoms with E-state index in [0.29, 0.717) is 12.3 Å². The molecule has 2 saturated heterocycles. The normalized spacial score (nSPS) is 18.2. The largest absolute Gasteiger partial charge is 0.381 e. The number of nitrogens with zero attached hydrogens (tertiary/aromatic N) is 1. The van der Waals surface area contributed by atoms with Crippen LogP contribution < -0.4 is 10.6 Å². The molecule has 2 aliphatic rings. The van der Waals surface area contributed by atoms with Crippen LogP contribution >= 0.6 is 12.4 Å². The van der Waals surface area contributed by atoms with E-state index < -0.39 is 0 Å². The Morgan fingerprint density at radius 3 is 2.63 bits per heavy atom. The zero-order chi connectivity index (χ0) is 23.3. The number of halogens is 1. The molecular weight excluding hydrogens is 458 g/mol. The number of hydrogen-bond acceptors (Lipinski definition) is 3. The van der Waals surface area contributed by atoms with E-state index in [1.165, 1.54) is 27.6 Å². The Balaban J connectivity index is 0.00000289. The molecule has 6 heteroatoms. The summed E-state index contributed by atoms with van der Waals surface area (Å²) in [5.74, 6) is 0.820. The van der Waals surface area contributed by atoms with E-state index in [2.05, 4.69) is 76.9 Å². The molecule has 3 aromatic rings. The van der Waals surface area contributed by atoms with Crippen LogP contribution in [-0.2, 0) is 16.1 Å². The number of carbonyl (C=O) groups is 1. The summed E-state index contributed by atoms with van der Waals surface area (Å²) in [5.41, 5.74) is 4.97. The number of carbonyl (C=O) groups excluding carboxylic acids is 1. The molecule has 188 valence electrons. The van der Waals surface area contributed by atoms with Gasteiger partial charge < -0.3 is 19.9 Å². The Hall–Kier alpha value is -2.34. The van der Waals surface area contributed by atoms with Gasteiger partial charge in [0.25, 0.3) is 0 Å². The SMILES string of the molecule is Cc1cccc(C(CC(=O)NC2CCNCC2)c2cn(CC3CCOCC3)c3ccccc23)c1.Cl. The lowest BCUT2D eigenvalue weighted by molar-refractivity contribution is -0.122. The molecule has 1 amide bonds. The Morgan fingerprint density at radius 1 is 1.09 bits per heavy atom. The number of benzene rings is 2. The number of amides is 1. The fraction of sp³-hybridized carbons (Fsp3) is 0.483. The number of piperidine rings is 1. The summed E-state index contributed by atoms with van der Waals surface area (Å²) < 4.78 is 8.01. The maximum Gasteiger partial charge on any atom is 0.221 e. The van der Waals surface area contributed by atoms with E-state index in [4.69, 9.17) is 4.74 Å². The van der Waals surface area contributed by atoms with Crippen molar-refractivity contribution < 1.29 is 9.53 Å². The van der Waals surface area contributed by atoms with Gasteiger partial charge in [0, 0.05) is 55.2 Å². The van der Waals surface area contributed by atoms with Crippen LogP contribution in [0.5, 0.6) is 0 Å². The van der Waals surface area contributed by atoms with E-state index in [1.807, 2.05) is 0 Å². The van der Waals surface area contributed by atoms with Gasteiger partial charge in [-0.2, -0.15) is 0 Å². The summed E-state index contributed by atoms with van der Waals surface area (Å²) in [4.78, 5) is 13.3. The lowest BCUT2D eigenvalue weighted by Crippen LogP contribution is -2.43. The Labute approximate surface area is 215 Å². The molecule has 35 heavy (non-hydrogen) atoms. The lowest BCUT2D eigenvalue weighted by Gasteiger charge is -2.25. The number of hydrogen-bond donors (Lipinski definition) is 2. The molecule has 2 fully saturated rings. The van der Waals surface area contributed by atoms with Gasteiger partial charge in [-0.3, -0.25) is 4.79 Å². The monoisotopic (exact) mass is 495 g/mol. The van der Waals surface area contributed by atoms with Gasteiger partial charge in [0.05, 0.1) is 0 Å². The number of nitrogens with one attached hydrogen (secondary N) is 2. The highest BCUT2D eigenvalue weighted by molar-refractivity contribution is 5.87. The molecule has 0 radical (unpaired) electrons. The zero-order valence-corrected chi connectivity index (χ0v) is 21.5. The van der Waals surface area contributed by atoms with E-state index >= 15 is 0 Å². The van der Waals surface area contributed by atoms with Gasteiger partial charge in [0.2, 0.25) is 5.91 Å². The van der Waals surface area contributed by atoms with Crippen molar-refractivity contribution >= 4 is 29.2 Å². The first-order valence-corrected chi connectivity index (χ1v) is 12.9. The predicted octanol–water partition coefficient (Wildman–Crippen LogP) is 5.19. The van der Waals surface area contributed by atoms with E-state index in [1.54, 1.807) is 0 Å². The summed E-state index contributed by atoms with van der Waals surface area (Å²) in [5, 5.41) is 7.97. The van der Waals surface area contributed by atoms with Gasteiger partial charge in [0.15, 0.2) is 0 Å². The Kier molecular flexibility index (Phi) is 8.88. The molecule has 1 atom stereocenters. The first-order valence-electron chi connectivity index (χ1n) is 12.9. The smallest absolute Gasteiger partial charge is 0.221 e. The summed E-state index contributed by atoms with van der Waals surface area (Å²) in [7, 11) is 0. The van der Waals surface area contributed by atoms with Crippen molar-refractivity contribution in [1.29, 1.82) is 0 Å². The molecule has 0 saturated carbocycles. The van der Waals surface area contributed by atoms with Crippen LogP contribution in [0, 0.1) is 12.8 Å². The number of para-hydroxylation sites is 1. The summed E-state index contributed by atoms with van der Waals surface area (Å²) in [6.45, 7) is 6.81. The molecule has 2 aromatic carbocycles. The molecule has 0 aliphatic carbocycles. The number of rotatable bonds is 7. The first kappa shape index (κ1) is 25.7. The van der Waals surface area contributed by atoms with Gasteiger partial charge in [-0.15, -0.1) is 12.4 Å². The van der Waals surface area contributed by atoms with Gasteiger partial charge >= 0.3 is 0 Å². The van der Waals surface area contributed by atoms with Crippen molar-refractivity contribution in [2.75, 3.05) is 26.3 Å². The third-order valence-corrected chi connectivity index (χ3v) is 7.53. The van der Waals surface area contributed by atoms with Gasteiger partial charge in [0.1, 0.15) is 0 Å². The van der Waals surface area contributed by atoms with Crippen LogP contribution in [0.15, 0.2) is 54.7 Å². The minimum absolute atomic E-state index is 0. The molecule has 5 rings (SSSR count). The quantitative estimate of drug-likeness (QED) is 0.474. The predicted molar refractivity (Wildman–Crippen MR) is 144 cm³/mol. The maximum absolute atomic E-state index is 13.3. The van der Waals surface area contributed by atoms with Crippen molar-refractivity contribution in [3.05, 3.63) is 71.4 Å². The number of aryl methyl sites for hydroxylation is 1. The highest BCUT2D eigenvalue weighted by atomic mass is 35.5. The molecule has 1 aromatic heterocycles. The average molecular weight is 496 g/mol. The summed E-state index contributed by atoms with van der Waals surface area (Å²) in [6.07, 6.45) is 7.03. The summed E-state index contributed by atoms with van der Waals surface area (Å²) >= 11 is 0. The average Bonchev–Trinajstić information content (AvgIpc) is 3.22. The number of aromatic nitrogens is 1. The minimum atomic E-state index is 0. The van der Waals surface area contributed by atoms with E-state index in [-0.39, 0.29) is 30.3 Å². The second kappa shape index (κ2) is 12.1. The Morgan fingerprint density at radius 2 is 1.86 bits per heavy atom. The third kappa shape index (κ3) is 6.27. The molecular formula is C29H38ClN3O2. The van der Waals surface area contributed by atoms with Crippen molar-refractivity contribution in [3.8, 4) is 0 Å². The van der Waals surface area contributed by atoms with Gasteiger partial charge in [-0.05, 0) is 68.8 Å². The molecule has 2 aliphatic heterocycles. The van der Waals surface area contributed by atoms with E-state index in [0.717, 1.165) is 58.5 Å². The van der Waals surface area contributed by atoms with Gasteiger partial charge in [-0.1, -0.05) is 48.0 Å². The van der Waals surface area contributed by atoms with Crippen molar-refractivity contribution in [2.24, 2.45) is 5.92 Å². The topological polar surface area (TPSA) is 55.3 Å². The lowest BCUT2D eigenvalue weighted by atomic mass is 9.87. The highest BCUT2D eigenvalue weighted by Gasteiger charge is 2.25. The van der Waals surface area contributed by atoms with Crippen molar-refractivity contribution in [1.82, 2.24) is 15.2 Å². The van der Waals surface area contributed by atoms with Crippen LogP contribution in [0.3, 0.4) is 0 Å². The minimum Gasteiger partial charge on any atom is -0.381 e. The fourth-order valence-corrected chi connectivity index (χ4v) is 5.64. The summed E-state index contributed by atoms with van der Waals surface area (Å²) in [6, 6.07) is 17.6. The van der Waals surface area contributed by atoms with Crippen LogP contribution in [0.25, 0.3) is 10.9 Å². The first-order chi connectivity index (χ1) is 16.7. The number of ether oxygens (including phenoxy) is 1. The maximum atomic E-state index is 13.3. The van der Waals surface area contributed by atoms with Crippen LogP contribution in [0.2, 0.25) is 0 Å². The standard InChI is InChI=1S/C29H37N3O2.ClH/c1-21-5-4-6-23(17-21)26(18-29(33)31-24-9-13-30-14-10-24)27-20-32(19-22-11-15-34-16-12-22)28-8-3-2-7-25(27)28;/h2-8,17,20,22,24,26,30H,9-16,18-19H2,1H3,(H,31,33);1H. The molecule has 0 spiro atoms. The Bertz CT molecular complexity index is 1120. The molecule has 0 bridgehead atoms. The van der Waals surface area contributed by atoms with E-state index in [9.17, 15) is 4.79 Å². The van der Waals surface area contributed by atoms with Gasteiger partial charge in [-0.25, -0.2) is 0 Å². The van der Waals surface area contributed by atoms with Crippen molar-refractivity contribution in [3.63, 3.8) is 0 Å². The van der Waals surface area contributed by atoms with Crippen LogP contribution in [0.4, 0.5) is 0 Å².